The van der Waals surface area contributed by atoms with Crippen LogP contribution in [-0.4, -0.2) is 17.1 Å². The molecule has 20 heavy (non-hydrogen) atoms. The fourth-order valence-corrected chi connectivity index (χ4v) is 2.83. The number of aromatic amines is 2. The van der Waals surface area contributed by atoms with E-state index in [0.29, 0.717) is 0 Å². The van der Waals surface area contributed by atoms with Gasteiger partial charge < -0.3 is 14.7 Å². The van der Waals surface area contributed by atoms with Crippen LogP contribution in [0.4, 0.5) is 0 Å². The Bertz CT molecular complexity index is 902. The largest absolute Gasteiger partial charge is 0.496 e. The van der Waals surface area contributed by atoms with Crippen LogP contribution in [0.1, 0.15) is 0 Å². The van der Waals surface area contributed by atoms with Gasteiger partial charge in [0.15, 0.2) is 0 Å². The molecule has 0 spiro atoms. The molecule has 3 nitrogen and oxygen atoms in total. The summed E-state index contributed by atoms with van der Waals surface area (Å²) >= 11 is 0. The van der Waals surface area contributed by atoms with E-state index in [-0.39, 0.29) is 0 Å². The molecule has 0 aliphatic rings. The van der Waals surface area contributed by atoms with E-state index in [4.69, 9.17) is 4.74 Å². The number of ether oxygens (including phenoxy) is 1. The summed E-state index contributed by atoms with van der Waals surface area (Å²) in [4.78, 5) is 6.65. The molecule has 0 aliphatic heterocycles. The summed E-state index contributed by atoms with van der Waals surface area (Å²) in [7, 11) is 1.71. The van der Waals surface area contributed by atoms with E-state index in [9.17, 15) is 0 Å². The van der Waals surface area contributed by atoms with E-state index in [1.54, 1.807) is 7.11 Å². The van der Waals surface area contributed by atoms with Crippen LogP contribution in [0.15, 0.2) is 54.9 Å². The predicted molar refractivity (Wildman–Crippen MR) is 82.1 cm³/mol. The molecule has 3 heteroatoms. The fraction of sp³-hybridized carbons (Fsp3) is 0.0588. The summed E-state index contributed by atoms with van der Waals surface area (Å²) < 4.78 is 5.51. The number of H-pyrrole nitrogens is 2. The Morgan fingerprint density at radius 1 is 0.800 bits per heavy atom. The second-order valence-electron chi connectivity index (χ2n) is 4.83. The first-order valence-corrected chi connectivity index (χ1v) is 6.59. The Balaban J connectivity index is 2.08. The van der Waals surface area contributed by atoms with E-state index >= 15 is 0 Å². The third kappa shape index (κ3) is 1.46. The van der Waals surface area contributed by atoms with Crippen molar-refractivity contribution in [1.82, 2.24) is 9.97 Å². The molecule has 4 rings (SSSR count). The van der Waals surface area contributed by atoms with Crippen molar-refractivity contribution in [2.75, 3.05) is 7.11 Å². The first kappa shape index (κ1) is 11.2. The van der Waals surface area contributed by atoms with Gasteiger partial charge in [-0.25, -0.2) is 0 Å². The molecule has 0 atom stereocenters. The van der Waals surface area contributed by atoms with Gasteiger partial charge in [0.25, 0.3) is 0 Å². The smallest absolute Gasteiger partial charge is 0.128 e. The van der Waals surface area contributed by atoms with Crippen LogP contribution < -0.4 is 4.74 Å². The Kier molecular flexibility index (Phi) is 2.33. The number of hydrogen-bond acceptors (Lipinski definition) is 1. The van der Waals surface area contributed by atoms with E-state index in [1.165, 1.54) is 10.9 Å². The molecular formula is C17H14N2O. The first-order valence-electron chi connectivity index (χ1n) is 6.59. The van der Waals surface area contributed by atoms with Gasteiger partial charge in [-0.1, -0.05) is 24.3 Å². The van der Waals surface area contributed by atoms with Crippen molar-refractivity contribution >= 4 is 21.8 Å². The summed E-state index contributed by atoms with van der Waals surface area (Å²) in [5, 5.41) is 2.35. The molecule has 2 heterocycles. The number of benzene rings is 2. The summed E-state index contributed by atoms with van der Waals surface area (Å²) in [6.07, 6.45) is 4.10. The number of nitrogens with one attached hydrogen (secondary N) is 2. The normalized spacial score (nSPS) is 11.2. The lowest BCUT2D eigenvalue weighted by Crippen LogP contribution is -1.84. The number of methoxy groups -OCH3 is 1. The van der Waals surface area contributed by atoms with Gasteiger partial charge >= 0.3 is 0 Å². The van der Waals surface area contributed by atoms with Gasteiger partial charge in [0.2, 0.25) is 0 Å². The van der Waals surface area contributed by atoms with Crippen molar-refractivity contribution in [3.8, 4) is 16.9 Å². The minimum absolute atomic E-state index is 0.893. The average Bonchev–Trinajstić information content (AvgIpc) is 3.10. The van der Waals surface area contributed by atoms with Crippen molar-refractivity contribution in [2.24, 2.45) is 0 Å². The second-order valence-corrected chi connectivity index (χ2v) is 4.83. The van der Waals surface area contributed by atoms with Gasteiger partial charge in [-0.3, -0.25) is 0 Å². The van der Waals surface area contributed by atoms with Gasteiger partial charge in [-0.15, -0.1) is 0 Å². The molecule has 2 N–H and O–H groups in total. The van der Waals surface area contributed by atoms with E-state index in [2.05, 4.69) is 40.4 Å². The maximum absolute atomic E-state index is 5.51. The Morgan fingerprint density at radius 3 is 2.45 bits per heavy atom. The van der Waals surface area contributed by atoms with Crippen molar-refractivity contribution in [2.45, 2.75) is 0 Å². The number of para-hydroxylation sites is 1. The Labute approximate surface area is 116 Å². The highest BCUT2D eigenvalue weighted by molar-refractivity contribution is 6.06. The van der Waals surface area contributed by atoms with Crippen LogP contribution >= 0.6 is 0 Å². The highest BCUT2D eigenvalue weighted by Gasteiger charge is 2.13. The van der Waals surface area contributed by atoms with Crippen molar-refractivity contribution in [1.29, 1.82) is 0 Å². The summed E-state index contributed by atoms with van der Waals surface area (Å²) in [5.74, 6) is 0.893. The second kappa shape index (κ2) is 4.17. The van der Waals surface area contributed by atoms with Gasteiger partial charge in [-0.05, 0) is 18.2 Å². The average molecular weight is 262 g/mol. The number of fused-ring (bicyclic) bond motifs is 2. The maximum atomic E-state index is 5.51. The van der Waals surface area contributed by atoms with Crippen molar-refractivity contribution in [3.63, 3.8) is 0 Å². The van der Waals surface area contributed by atoms with E-state index in [0.717, 1.165) is 27.7 Å². The van der Waals surface area contributed by atoms with Crippen LogP contribution in [-0.2, 0) is 0 Å². The standard InChI is InChI=1S/C17H14N2O/c1-20-16-8-4-7-15-17(16)13(10-19-15)12-9-18-14-6-3-2-5-11(12)14/h2-10,18-19H,1H3. The van der Waals surface area contributed by atoms with Crippen LogP contribution in [0.25, 0.3) is 32.9 Å². The lowest BCUT2D eigenvalue weighted by molar-refractivity contribution is 0.420. The Morgan fingerprint density at radius 2 is 1.55 bits per heavy atom. The molecule has 0 saturated heterocycles. The van der Waals surface area contributed by atoms with Crippen molar-refractivity contribution in [3.05, 3.63) is 54.9 Å². The summed E-state index contributed by atoms with van der Waals surface area (Å²) in [5.41, 5.74) is 4.59. The van der Waals surface area contributed by atoms with Crippen LogP contribution in [0.2, 0.25) is 0 Å². The third-order valence-electron chi connectivity index (χ3n) is 3.77. The zero-order valence-corrected chi connectivity index (χ0v) is 11.1. The van der Waals surface area contributed by atoms with Crippen LogP contribution in [0, 0.1) is 0 Å². The van der Waals surface area contributed by atoms with Crippen LogP contribution in [0.3, 0.4) is 0 Å². The van der Waals surface area contributed by atoms with Gasteiger partial charge in [0, 0.05) is 45.3 Å². The summed E-state index contributed by atoms with van der Waals surface area (Å²) in [6.45, 7) is 0. The van der Waals surface area contributed by atoms with E-state index < -0.39 is 0 Å². The van der Waals surface area contributed by atoms with Crippen molar-refractivity contribution < 1.29 is 4.74 Å². The molecule has 0 radical (unpaired) electrons. The highest BCUT2D eigenvalue weighted by atomic mass is 16.5. The topological polar surface area (TPSA) is 40.8 Å². The molecular weight excluding hydrogens is 248 g/mol. The molecule has 0 fully saturated rings. The molecule has 2 aromatic heterocycles. The number of rotatable bonds is 2. The van der Waals surface area contributed by atoms with Gasteiger partial charge in [0.1, 0.15) is 5.75 Å². The molecule has 0 amide bonds. The molecule has 0 aliphatic carbocycles. The van der Waals surface area contributed by atoms with E-state index in [1.807, 2.05) is 24.4 Å². The monoisotopic (exact) mass is 262 g/mol. The third-order valence-corrected chi connectivity index (χ3v) is 3.77. The maximum Gasteiger partial charge on any atom is 0.128 e. The quantitative estimate of drug-likeness (QED) is 0.555. The predicted octanol–water partition coefficient (Wildman–Crippen LogP) is 4.32. The lowest BCUT2D eigenvalue weighted by Gasteiger charge is -2.04. The highest BCUT2D eigenvalue weighted by Crippen LogP contribution is 2.38. The van der Waals surface area contributed by atoms with Gasteiger partial charge in [0.05, 0.1) is 7.11 Å². The number of hydrogen-bond donors (Lipinski definition) is 2. The minimum atomic E-state index is 0.893. The Hall–Kier alpha value is -2.68. The van der Waals surface area contributed by atoms with Gasteiger partial charge in [-0.2, -0.15) is 0 Å². The first-order chi connectivity index (χ1) is 9.88. The molecule has 4 aromatic rings. The SMILES string of the molecule is COc1cccc2[nH]cc(-c3c[nH]c4ccccc34)c12. The fourth-order valence-electron chi connectivity index (χ4n) is 2.83. The minimum Gasteiger partial charge on any atom is -0.496 e. The molecule has 0 bridgehead atoms. The van der Waals surface area contributed by atoms with Crippen LogP contribution in [0.5, 0.6) is 5.75 Å². The molecule has 2 aromatic carbocycles. The number of aromatic nitrogens is 2. The zero-order chi connectivity index (χ0) is 13.5. The zero-order valence-electron chi connectivity index (χ0n) is 11.1. The lowest BCUT2D eigenvalue weighted by atomic mass is 10.0. The molecule has 0 unspecified atom stereocenters. The summed E-state index contributed by atoms with van der Waals surface area (Å²) in [6, 6.07) is 14.4. The molecule has 98 valence electrons. The molecule has 0 saturated carbocycles.